The lowest BCUT2D eigenvalue weighted by Gasteiger charge is -2.24. The molecule has 1 saturated heterocycles. The molecule has 0 bridgehead atoms. The molecule has 1 spiro atoms. The fourth-order valence-electron chi connectivity index (χ4n) is 3.65. The number of aryl methyl sites for hydroxylation is 1. The van der Waals surface area contributed by atoms with Gasteiger partial charge < -0.3 is 10.1 Å². The van der Waals surface area contributed by atoms with Crippen molar-refractivity contribution in [3.8, 4) is 0 Å². The minimum Gasteiger partial charge on any atom is -0.382 e. The van der Waals surface area contributed by atoms with Gasteiger partial charge in [-0.05, 0) is 43.7 Å². The smallest absolute Gasteiger partial charge is 0.0756 e. The molecule has 2 aliphatic rings. The summed E-state index contributed by atoms with van der Waals surface area (Å²) < 4.78 is 6.34. The third kappa shape index (κ3) is 2.79. The molecule has 2 nitrogen and oxygen atoms in total. The molecule has 0 aromatic heterocycles. The van der Waals surface area contributed by atoms with E-state index in [1.165, 1.54) is 49.8 Å². The summed E-state index contributed by atoms with van der Waals surface area (Å²) in [5, 5.41) is 3.59. The van der Waals surface area contributed by atoms with E-state index in [1.54, 1.807) is 0 Å². The predicted molar refractivity (Wildman–Crippen MR) is 79.6 cm³/mol. The molecule has 1 unspecified atom stereocenters. The summed E-state index contributed by atoms with van der Waals surface area (Å²) in [4.78, 5) is 0. The van der Waals surface area contributed by atoms with E-state index in [9.17, 15) is 0 Å². The first-order valence-electron chi connectivity index (χ1n) is 7.81. The molecule has 1 saturated carbocycles. The monoisotopic (exact) mass is 259 g/mol. The molecule has 1 N–H and O–H groups in total. The molecule has 0 radical (unpaired) electrons. The van der Waals surface area contributed by atoms with Crippen LogP contribution in [0.2, 0.25) is 0 Å². The van der Waals surface area contributed by atoms with Crippen LogP contribution in [0.25, 0.3) is 0 Å². The number of nitrogens with one attached hydrogen (secondary N) is 1. The average Bonchev–Trinajstić information content (AvgIpc) is 3.07. The van der Waals surface area contributed by atoms with Gasteiger partial charge in [0.05, 0.1) is 11.7 Å². The minimum atomic E-state index is 0.261. The van der Waals surface area contributed by atoms with E-state index in [-0.39, 0.29) is 5.60 Å². The summed E-state index contributed by atoms with van der Waals surface area (Å²) in [6.07, 6.45) is 9.28. The van der Waals surface area contributed by atoms with Crippen LogP contribution >= 0.6 is 0 Å². The summed E-state index contributed by atoms with van der Waals surface area (Å²) in [5.41, 5.74) is 2.94. The molecule has 1 aromatic rings. The number of rotatable bonds is 4. The Morgan fingerprint density at radius 1 is 1.21 bits per heavy atom. The molecule has 1 aliphatic heterocycles. The first kappa shape index (κ1) is 13.0. The normalized spacial score (nSPS) is 25.0. The first-order chi connectivity index (χ1) is 9.31. The third-order valence-electron chi connectivity index (χ3n) is 4.77. The van der Waals surface area contributed by atoms with Crippen LogP contribution in [0.5, 0.6) is 0 Å². The lowest BCUT2D eigenvalue weighted by Crippen LogP contribution is -2.28. The summed E-state index contributed by atoms with van der Waals surface area (Å²) in [6, 6.07) is 8.61. The van der Waals surface area contributed by atoms with Crippen molar-refractivity contribution in [1.82, 2.24) is 0 Å². The highest BCUT2D eigenvalue weighted by Gasteiger charge is 2.41. The Hall–Kier alpha value is -1.02. The molecule has 104 valence electrons. The molecule has 0 amide bonds. The van der Waals surface area contributed by atoms with Gasteiger partial charge in [-0.3, -0.25) is 0 Å². The minimum absolute atomic E-state index is 0.261. The maximum Gasteiger partial charge on any atom is 0.0756 e. The van der Waals surface area contributed by atoms with Gasteiger partial charge in [-0.15, -0.1) is 0 Å². The summed E-state index contributed by atoms with van der Waals surface area (Å²) in [7, 11) is 0. The van der Waals surface area contributed by atoms with Crippen LogP contribution in [0.1, 0.15) is 51.0 Å². The van der Waals surface area contributed by atoms with Gasteiger partial charge in [-0.1, -0.05) is 38.0 Å². The Morgan fingerprint density at radius 2 is 2.00 bits per heavy atom. The summed E-state index contributed by atoms with van der Waals surface area (Å²) in [5.74, 6) is 0. The van der Waals surface area contributed by atoms with Crippen molar-refractivity contribution in [3.05, 3.63) is 29.8 Å². The van der Waals surface area contributed by atoms with Gasteiger partial charge in [0.15, 0.2) is 0 Å². The number of benzene rings is 1. The van der Waals surface area contributed by atoms with E-state index in [4.69, 9.17) is 4.74 Å². The molecule has 2 fully saturated rings. The van der Waals surface area contributed by atoms with E-state index in [0.29, 0.717) is 6.10 Å². The molecule has 19 heavy (non-hydrogen) atoms. The molecule has 1 atom stereocenters. The molecule has 2 heteroatoms. The van der Waals surface area contributed by atoms with E-state index in [2.05, 4.69) is 36.5 Å². The SMILES string of the molecule is CCc1ccccc1NCC1CCC2(CCCC2)O1. The van der Waals surface area contributed by atoms with Crippen LogP contribution in [0.4, 0.5) is 5.69 Å². The first-order valence-corrected chi connectivity index (χ1v) is 7.81. The highest BCUT2D eigenvalue weighted by atomic mass is 16.5. The highest BCUT2D eigenvalue weighted by molar-refractivity contribution is 5.51. The second kappa shape index (κ2) is 5.54. The van der Waals surface area contributed by atoms with Gasteiger partial charge in [0, 0.05) is 12.2 Å². The number of para-hydroxylation sites is 1. The number of hydrogen-bond acceptors (Lipinski definition) is 2. The summed E-state index contributed by atoms with van der Waals surface area (Å²) >= 11 is 0. The zero-order valence-corrected chi connectivity index (χ0v) is 12.0. The van der Waals surface area contributed by atoms with Gasteiger partial charge in [0.25, 0.3) is 0 Å². The van der Waals surface area contributed by atoms with Crippen molar-refractivity contribution in [2.45, 2.75) is 63.6 Å². The quantitative estimate of drug-likeness (QED) is 0.877. The fourth-order valence-corrected chi connectivity index (χ4v) is 3.65. The summed E-state index contributed by atoms with van der Waals surface area (Å²) in [6.45, 7) is 3.17. The molecule has 1 heterocycles. The maximum absolute atomic E-state index is 6.34. The second-order valence-electron chi connectivity index (χ2n) is 6.06. The van der Waals surface area contributed by atoms with Gasteiger partial charge in [0.1, 0.15) is 0 Å². The lowest BCUT2D eigenvalue weighted by atomic mass is 9.98. The second-order valence-corrected chi connectivity index (χ2v) is 6.06. The van der Waals surface area contributed by atoms with Crippen LogP contribution < -0.4 is 5.32 Å². The van der Waals surface area contributed by atoms with E-state index in [0.717, 1.165) is 13.0 Å². The standard InChI is InChI=1S/C17H25NO/c1-2-14-7-3-4-8-16(14)18-13-15-9-12-17(19-15)10-5-6-11-17/h3-4,7-8,15,18H,2,5-6,9-13H2,1H3. The van der Waals surface area contributed by atoms with Crippen molar-refractivity contribution in [2.24, 2.45) is 0 Å². The number of anilines is 1. The van der Waals surface area contributed by atoms with Crippen LogP contribution in [-0.4, -0.2) is 18.2 Å². The predicted octanol–water partition coefficient (Wildman–Crippen LogP) is 4.15. The van der Waals surface area contributed by atoms with Crippen LogP contribution in [-0.2, 0) is 11.2 Å². The Balaban J connectivity index is 1.55. The Bertz CT molecular complexity index is 423. The lowest BCUT2D eigenvalue weighted by molar-refractivity contribution is -0.0307. The maximum atomic E-state index is 6.34. The van der Waals surface area contributed by atoms with Crippen molar-refractivity contribution in [3.63, 3.8) is 0 Å². The van der Waals surface area contributed by atoms with Gasteiger partial charge in [-0.2, -0.15) is 0 Å². The van der Waals surface area contributed by atoms with Crippen LogP contribution in [0, 0.1) is 0 Å². The molecule has 3 rings (SSSR count). The zero-order valence-electron chi connectivity index (χ0n) is 12.0. The largest absolute Gasteiger partial charge is 0.382 e. The van der Waals surface area contributed by atoms with E-state index >= 15 is 0 Å². The fraction of sp³-hybridized carbons (Fsp3) is 0.647. The number of hydrogen-bond donors (Lipinski definition) is 1. The van der Waals surface area contributed by atoms with E-state index < -0.39 is 0 Å². The van der Waals surface area contributed by atoms with E-state index in [1.807, 2.05) is 0 Å². The average molecular weight is 259 g/mol. The van der Waals surface area contributed by atoms with Crippen molar-refractivity contribution >= 4 is 5.69 Å². The van der Waals surface area contributed by atoms with Crippen molar-refractivity contribution in [1.29, 1.82) is 0 Å². The number of ether oxygens (including phenoxy) is 1. The molecule has 1 aromatic carbocycles. The van der Waals surface area contributed by atoms with Gasteiger partial charge in [-0.25, -0.2) is 0 Å². The Labute approximate surface area is 116 Å². The van der Waals surface area contributed by atoms with Crippen molar-refractivity contribution < 1.29 is 4.74 Å². The van der Waals surface area contributed by atoms with Gasteiger partial charge in [0.2, 0.25) is 0 Å². The molecular weight excluding hydrogens is 234 g/mol. The van der Waals surface area contributed by atoms with Crippen molar-refractivity contribution in [2.75, 3.05) is 11.9 Å². The zero-order chi connectivity index (χ0) is 13.1. The van der Waals surface area contributed by atoms with Crippen LogP contribution in [0.15, 0.2) is 24.3 Å². The highest BCUT2D eigenvalue weighted by Crippen LogP contribution is 2.43. The third-order valence-corrected chi connectivity index (χ3v) is 4.77. The molecule has 1 aliphatic carbocycles. The molecular formula is C17H25NO. The van der Waals surface area contributed by atoms with Crippen LogP contribution in [0.3, 0.4) is 0 Å². The topological polar surface area (TPSA) is 21.3 Å². The Kier molecular flexibility index (Phi) is 3.79. The van der Waals surface area contributed by atoms with Gasteiger partial charge >= 0.3 is 0 Å². The Morgan fingerprint density at radius 3 is 2.79 bits per heavy atom.